The standard InChI is InChI=1S/C9H19NO2S/c1-8(2)6-10-7-9(3,4)13(5,11)12/h10H,1,6-7H2,2-5H3. The van der Waals surface area contributed by atoms with Crippen LogP contribution in [0.2, 0.25) is 0 Å². The van der Waals surface area contributed by atoms with Crippen LogP contribution in [-0.4, -0.2) is 32.5 Å². The third-order valence-corrected chi connectivity index (χ3v) is 4.13. The SMILES string of the molecule is C=C(C)CNCC(C)(C)S(C)(=O)=O. The van der Waals surface area contributed by atoms with Gasteiger partial charge in [-0.2, -0.15) is 0 Å². The molecule has 0 aromatic carbocycles. The maximum Gasteiger partial charge on any atom is 0.153 e. The van der Waals surface area contributed by atoms with Gasteiger partial charge in [-0.05, 0) is 20.8 Å². The normalized spacial score (nSPS) is 12.9. The minimum Gasteiger partial charge on any atom is -0.311 e. The van der Waals surface area contributed by atoms with Crippen molar-refractivity contribution in [2.75, 3.05) is 19.3 Å². The zero-order valence-corrected chi connectivity index (χ0v) is 9.66. The summed E-state index contributed by atoms with van der Waals surface area (Å²) in [6, 6.07) is 0. The highest BCUT2D eigenvalue weighted by Gasteiger charge is 2.29. The third-order valence-electron chi connectivity index (χ3n) is 1.98. The van der Waals surface area contributed by atoms with E-state index in [0.717, 1.165) is 5.57 Å². The molecule has 0 fully saturated rings. The van der Waals surface area contributed by atoms with Crippen LogP contribution in [0.25, 0.3) is 0 Å². The largest absolute Gasteiger partial charge is 0.311 e. The highest BCUT2D eigenvalue weighted by molar-refractivity contribution is 7.92. The van der Waals surface area contributed by atoms with Crippen molar-refractivity contribution in [2.45, 2.75) is 25.5 Å². The van der Waals surface area contributed by atoms with Crippen molar-refractivity contribution in [3.8, 4) is 0 Å². The van der Waals surface area contributed by atoms with Crippen molar-refractivity contribution in [3.63, 3.8) is 0 Å². The van der Waals surface area contributed by atoms with Crippen LogP contribution in [0.15, 0.2) is 12.2 Å². The summed E-state index contributed by atoms with van der Waals surface area (Å²) in [4.78, 5) is 0. The van der Waals surface area contributed by atoms with Gasteiger partial charge in [-0.3, -0.25) is 0 Å². The van der Waals surface area contributed by atoms with E-state index < -0.39 is 14.6 Å². The van der Waals surface area contributed by atoms with Crippen LogP contribution in [-0.2, 0) is 9.84 Å². The first kappa shape index (κ1) is 12.7. The van der Waals surface area contributed by atoms with Gasteiger partial charge in [-0.15, -0.1) is 0 Å². The molecule has 0 rings (SSSR count). The van der Waals surface area contributed by atoms with E-state index in [-0.39, 0.29) is 0 Å². The summed E-state index contributed by atoms with van der Waals surface area (Å²) in [5.41, 5.74) is 1.00. The minimum absolute atomic E-state index is 0.457. The van der Waals surface area contributed by atoms with Gasteiger partial charge in [-0.1, -0.05) is 12.2 Å². The Kier molecular flexibility index (Phi) is 4.13. The van der Waals surface area contributed by atoms with Crippen LogP contribution in [0.1, 0.15) is 20.8 Å². The van der Waals surface area contributed by atoms with Crippen molar-refractivity contribution in [1.82, 2.24) is 5.32 Å². The van der Waals surface area contributed by atoms with E-state index in [0.29, 0.717) is 13.1 Å². The third kappa shape index (κ3) is 4.43. The lowest BCUT2D eigenvalue weighted by Crippen LogP contribution is -2.42. The summed E-state index contributed by atoms with van der Waals surface area (Å²) >= 11 is 0. The highest BCUT2D eigenvalue weighted by Crippen LogP contribution is 2.13. The molecule has 0 radical (unpaired) electrons. The van der Waals surface area contributed by atoms with E-state index in [1.165, 1.54) is 6.26 Å². The molecular formula is C9H19NO2S. The van der Waals surface area contributed by atoms with E-state index >= 15 is 0 Å². The van der Waals surface area contributed by atoms with E-state index in [9.17, 15) is 8.42 Å². The molecule has 0 amide bonds. The molecule has 0 saturated carbocycles. The molecule has 0 aliphatic heterocycles. The Balaban J connectivity index is 4.13. The maximum atomic E-state index is 11.3. The second kappa shape index (κ2) is 4.24. The molecule has 0 aromatic rings. The van der Waals surface area contributed by atoms with Gasteiger partial charge in [0.1, 0.15) is 0 Å². The molecule has 4 heteroatoms. The van der Waals surface area contributed by atoms with Crippen molar-refractivity contribution >= 4 is 9.84 Å². The van der Waals surface area contributed by atoms with Gasteiger partial charge >= 0.3 is 0 Å². The Labute approximate surface area is 81.1 Å². The number of nitrogens with one attached hydrogen (secondary N) is 1. The number of hydrogen-bond acceptors (Lipinski definition) is 3. The minimum atomic E-state index is -2.99. The summed E-state index contributed by atoms with van der Waals surface area (Å²) in [6.07, 6.45) is 1.26. The molecule has 0 heterocycles. The average molecular weight is 205 g/mol. The molecule has 0 spiro atoms. The highest BCUT2D eigenvalue weighted by atomic mass is 32.2. The Bertz CT molecular complexity index is 278. The first-order valence-electron chi connectivity index (χ1n) is 4.21. The lowest BCUT2D eigenvalue weighted by Gasteiger charge is -2.22. The molecule has 78 valence electrons. The molecule has 1 N–H and O–H groups in total. The molecule has 0 aliphatic rings. The van der Waals surface area contributed by atoms with Crippen LogP contribution in [0.4, 0.5) is 0 Å². The van der Waals surface area contributed by atoms with Crippen LogP contribution in [0, 0.1) is 0 Å². The Morgan fingerprint density at radius 3 is 2.23 bits per heavy atom. The molecular weight excluding hydrogens is 186 g/mol. The Morgan fingerprint density at radius 2 is 1.92 bits per heavy atom. The van der Waals surface area contributed by atoms with Gasteiger partial charge in [0, 0.05) is 19.3 Å². The van der Waals surface area contributed by atoms with E-state index in [2.05, 4.69) is 11.9 Å². The molecule has 0 bridgehead atoms. The lowest BCUT2D eigenvalue weighted by molar-refractivity contribution is 0.530. The monoisotopic (exact) mass is 205 g/mol. The summed E-state index contributed by atoms with van der Waals surface area (Å²) in [5, 5.41) is 3.05. The predicted octanol–water partition coefficient (Wildman–Crippen LogP) is 0.975. The summed E-state index contributed by atoms with van der Waals surface area (Å²) < 4.78 is 21.8. The van der Waals surface area contributed by atoms with Gasteiger partial charge < -0.3 is 5.32 Å². The summed E-state index contributed by atoms with van der Waals surface area (Å²) in [7, 11) is -2.99. The second-order valence-corrected chi connectivity index (χ2v) is 6.74. The van der Waals surface area contributed by atoms with Crippen molar-refractivity contribution in [1.29, 1.82) is 0 Å². The zero-order valence-electron chi connectivity index (χ0n) is 8.85. The van der Waals surface area contributed by atoms with E-state index in [4.69, 9.17) is 0 Å². The fourth-order valence-electron chi connectivity index (χ4n) is 0.708. The molecule has 0 unspecified atom stereocenters. The van der Waals surface area contributed by atoms with Crippen LogP contribution >= 0.6 is 0 Å². The summed E-state index contributed by atoms with van der Waals surface area (Å²) in [6.45, 7) is 10.2. The Morgan fingerprint density at radius 1 is 1.46 bits per heavy atom. The Hall–Kier alpha value is -0.350. The van der Waals surface area contributed by atoms with Gasteiger partial charge in [0.15, 0.2) is 9.84 Å². The van der Waals surface area contributed by atoms with Crippen molar-refractivity contribution in [2.24, 2.45) is 0 Å². The maximum absolute atomic E-state index is 11.3. The van der Waals surface area contributed by atoms with Crippen LogP contribution in [0.3, 0.4) is 0 Å². The second-order valence-electron chi connectivity index (χ2n) is 4.09. The quantitative estimate of drug-likeness (QED) is 0.680. The lowest BCUT2D eigenvalue weighted by atomic mass is 10.2. The fraction of sp³-hybridized carbons (Fsp3) is 0.778. The van der Waals surface area contributed by atoms with Crippen molar-refractivity contribution in [3.05, 3.63) is 12.2 Å². The van der Waals surface area contributed by atoms with Crippen molar-refractivity contribution < 1.29 is 8.42 Å². The van der Waals surface area contributed by atoms with Gasteiger partial charge in [0.05, 0.1) is 4.75 Å². The first-order chi connectivity index (χ1) is 5.67. The van der Waals surface area contributed by atoms with Gasteiger partial charge in [0.2, 0.25) is 0 Å². The zero-order chi connectivity index (χ0) is 10.7. The number of rotatable bonds is 5. The molecule has 0 aromatic heterocycles. The number of hydrogen-bond donors (Lipinski definition) is 1. The first-order valence-corrected chi connectivity index (χ1v) is 6.10. The van der Waals surface area contributed by atoms with Gasteiger partial charge in [-0.25, -0.2) is 8.42 Å². The molecule has 0 aliphatic carbocycles. The molecule has 0 atom stereocenters. The van der Waals surface area contributed by atoms with Crippen LogP contribution < -0.4 is 5.32 Å². The topological polar surface area (TPSA) is 46.2 Å². The molecule has 3 nitrogen and oxygen atoms in total. The molecule has 13 heavy (non-hydrogen) atoms. The summed E-state index contributed by atoms with van der Waals surface area (Å²) in [5.74, 6) is 0. The molecule has 0 saturated heterocycles. The van der Waals surface area contributed by atoms with Crippen LogP contribution in [0.5, 0.6) is 0 Å². The van der Waals surface area contributed by atoms with E-state index in [1.807, 2.05) is 6.92 Å². The van der Waals surface area contributed by atoms with E-state index in [1.54, 1.807) is 13.8 Å². The number of sulfone groups is 1. The predicted molar refractivity (Wildman–Crippen MR) is 56.6 cm³/mol. The smallest absolute Gasteiger partial charge is 0.153 e. The average Bonchev–Trinajstić information content (AvgIpc) is 1.82. The fourth-order valence-corrected chi connectivity index (χ4v) is 1.07. The van der Waals surface area contributed by atoms with Gasteiger partial charge in [0.25, 0.3) is 0 Å².